The number of rotatable bonds is 3. The Morgan fingerprint density at radius 3 is 2.29 bits per heavy atom. The molecule has 0 aromatic carbocycles. The lowest BCUT2D eigenvalue weighted by molar-refractivity contribution is -0.183. The summed E-state index contributed by atoms with van der Waals surface area (Å²) in [6.07, 6.45) is -3.47. The second-order valence-corrected chi connectivity index (χ2v) is 6.42. The molecule has 4 nitrogen and oxygen atoms in total. The van der Waals surface area contributed by atoms with E-state index in [2.05, 4.69) is 4.72 Å². The predicted molar refractivity (Wildman–Crippen MR) is 57.5 cm³/mol. The molecule has 1 N–H and O–H groups in total. The molecule has 102 valence electrons. The first-order valence-corrected chi connectivity index (χ1v) is 6.83. The van der Waals surface area contributed by atoms with Gasteiger partial charge in [0, 0.05) is 20.1 Å². The van der Waals surface area contributed by atoms with Crippen LogP contribution in [0, 0.1) is 5.92 Å². The molecule has 0 radical (unpaired) electrons. The van der Waals surface area contributed by atoms with Crippen molar-refractivity contribution in [2.75, 3.05) is 14.1 Å². The lowest BCUT2D eigenvalue weighted by atomic mass is 9.86. The lowest BCUT2D eigenvalue weighted by Gasteiger charge is -2.31. The third-order valence-electron chi connectivity index (χ3n) is 2.93. The van der Waals surface area contributed by atoms with Crippen LogP contribution in [0.2, 0.25) is 0 Å². The number of hydrogen-bond acceptors (Lipinski definition) is 2. The molecular weight excluding hydrogens is 257 g/mol. The van der Waals surface area contributed by atoms with Gasteiger partial charge in [-0.15, -0.1) is 0 Å². The van der Waals surface area contributed by atoms with Crippen molar-refractivity contribution in [3.63, 3.8) is 0 Å². The van der Waals surface area contributed by atoms with Crippen molar-refractivity contribution in [1.82, 2.24) is 9.03 Å². The molecule has 0 heterocycles. The minimum Gasteiger partial charge on any atom is -0.199 e. The Bertz CT molecular complexity index is 354. The van der Waals surface area contributed by atoms with E-state index in [1.807, 2.05) is 0 Å². The first kappa shape index (κ1) is 14.7. The van der Waals surface area contributed by atoms with E-state index in [-0.39, 0.29) is 12.8 Å². The van der Waals surface area contributed by atoms with Crippen LogP contribution in [0.3, 0.4) is 0 Å². The zero-order valence-corrected chi connectivity index (χ0v) is 10.6. The van der Waals surface area contributed by atoms with Crippen LogP contribution >= 0.6 is 0 Å². The highest BCUT2D eigenvalue weighted by Gasteiger charge is 2.42. The van der Waals surface area contributed by atoms with Crippen LogP contribution in [0.1, 0.15) is 25.7 Å². The van der Waals surface area contributed by atoms with Crippen molar-refractivity contribution in [2.45, 2.75) is 37.9 Å². The largest absolute Gasteiger partial charge is 0.391 e. The second kappa shape index (κ2) is 5.11. The maximum Gasteiger partial charge on any atom is 0.391 e. The van der Waals surface area contributed by atoms with E-state index in [0.29, 0.717) is 12.8 Å². The van der Waals surface area contributed by atoms with Gasteiger partial charge in [-0.3, -0.25) is 0 Å². The van der Waals surface area contributed by atoms with Gasteiger partial charge < -0.3 is 0 Å². The van der Waals surface area contributed by atoms with Crippen LogP contribution < -0.4 is 4.72 Å². The highest BCUT2D eigenvalue weighted by Crippen LogP contribution is 2.37. The summed E-state index contributed by atoms with van der Waals surface area (Å²) >= 11 is 0. The van der Waals surface area contributed by atoms with E-state index >= 15 is 0 Å². The molecule has 0 saturated heterocycles. The van der Waals surface area contributed by atoms with Gasteiger partial charge in [0.15, 0.2) is 0 Å². The standard InChI is InChI=1S/C9H17F3N2O2S/c1-14(2)17(15,16)13-8-5-3-4-7(6-8)9(10,11)12/h7-8,13H,3-6H2,1-2H3/t7-,8-/m1/s1. The summed E-state index contributed by atoms with van der Waals surface area (Å²) in [5.74, 6) is -1.40. The van der Waals surface area contributed by atoms with Crippen molar-refractivity contribution >= 4 is 10.2 Å². The third-order valence-corrected chi connectivity index (χ3v) is 4.53. The molecule has 1 fully saturated rings. The monoisotopic (exact) mass is 274 g/mol. The Morgan fingerprint density at radius 1 is 1.24 bits per heavy atom. The van der Waals surface area contributed by atoms with Gasteiger partial charge in [0.2, 0.25) is 0 Å². The molecule has 0 aliphatic heterocycles. The van der Waals surface area contributed by atoms with Crippen molar-refractivity contribution in [3.05, 3.63) is 0 Å². The van der Waals surface area contributed by atoms with Crippen LogP contribution in [0.5, 0.6) is 0 Å². The van der Waals surface area contributed by atoms with Gasteiger partial charge in [-0.2, -0.15) is 30.6 Å². The topological polar surface area (TPSA) is 49.4 Å². The fourth-order valence-electron chi connectivity index (χ4n) is 1.91. The smallest absolute Gasteiger partial charge is 0.199 e. The van der Waals surface area contributed by atoms with Crippen LogP contribution in [0.15, 0.2) is 0 Å². The quantitative estimate of drug-likeness (QED) is 0.848. The van der Waals surface area contributed by atoms with E-state index in [9.17, 15) is 21.6 Å². The summed E-state index contributed by atoms with van der Waals surface area (Å²) in [7, 11) is -0.971. The SMILES string of the molecule is CN(C)S(=O)(=O)N[C@@H]1CCC[C@@H](C(F)(F)F)C1. The average Bonchev–Trinajstić information content (AvgIpc) is 2.15. The molecule has 0 aromatic heterocycles. The summed E-state index contributed by atoms with van der Waals surface area (Å²) in [5, 5.41) is 0. The summed E-state index contributed by atoms with van der Waals surface area (Å²) in [4.78, 5) is 0. The van der Waals surface area contributed by atoms with Gasteiger partial charge in [0.25, 0.3) is 10.2 Å². The summed E-state index contributed by atoms with van der Waals surface area (Å²) in [6.45, 7) is 0. The van der Waals surface area contributed by atoms with Crippen molar-refractivity contribution in [2.24, 2.45) is 5.92 Å². The second-order valence-electron chi connectivity index (χ2n) is 4.51. The molecule has 8 heteroatoms. The van der Waals surface area contributed by atoms with Gasteiger partial charge in [0.05, 0.1) is 5.92 Å². The molecule has 1 aliphatic rings. The molecular formula is C9H17F3N2O2S. The van der Waals surface area contributed by atoms with Gasteiger partial charge in [-0.05, 0) is 19.3 Å². The van der Waals surface area contributed by atoms with E-state index in [1.165, 1.54) is 14.1 Å². The van der Waals surface area contributed by atoms with E-state index in [4.69, 9.17) is 0 Å². The van der Waals surface area contributed by atoms with Crippen molar-refractivity contribution < 1.29 is 21.6 Å². The molecule has 17 heavy (non-hydrogen) atoms. The highest BCUT2D eigenvalue weighted by atomic mass is 32.2. The molecule has 0 amide bonds. The first-order chi connectivity index (χ1) is 7.63. The number of nitrogens with one attached hydrogen (secondary N) is 1. The Balaban J connectivity index is 2.63. The minimum atomic E-state index is -4.23. The Hall–Kier alpha value is -0.340. The van der Waals surface area contributed by atoms with Crippen LogP contribution in [-0.4, -0.2) is 39.0 Å². The molecule has 0 unspecified atom stereocenters. The van der Waals surface area contributed by atoms with E-state index in [0.717, 1.165) is 4.31 Å². The molecule has 0 spiro atoms. The van der Waals surface area contributed by atoms with Crippen LogP contribution in [0.25, 0.3) is 0 Å². The summed E-state index contributed by atoms with van der Waals surface area (Å²) in [5.41, 5.74) is 0. The molecule has 1 aliphatic carbocycles. The van der Waals surface area contributed by atoms with E-state index in [1.54, 1.807) is 0 Å². The molecule has 1 rings (SSSR count). The predicted octanol–water partition coefficient (Wildman–Crippen LogP) is 1.50. The Morgan fingerprint density at radius 2 is 1.82 bits per heavy atom. The van der Waals surface area contributed by atoms with Gasteiger partial charge >= 0.3 is 6.18 Å². The van der Waals surface area contributed by atoms with Crippen LogP contribution in [0.4, 0.5) is 13.2 Å². The fourth-order valence-corrected chi connectivity index (χ4v) is 2.76. The molecule has 1 saturated carbocycles. The van der Waals surface area contributed by atoms with Gasteiger partial charge in [-0.25, -0.2) is 0 Å². The number of nitrogens with zero attached hydrogens (tertiary/aromatic N) is 1. The maximum absolute atomic E-state index is 12.5. The molecule has 2 atom stereocenters. The lowest BCUT2D eigenvalue weighted by Crippen LogP contribution is -2.45. The third kappa shape index (κ3) is 4.11. The Kier molecular flexibility index (Phi) is 4.43. The average molecular weight is 274 g/mol. The molecule has 0 aromatic rings. The summed E-state index contributed by atoms with van der Waals surface area (Å²) in [6, 6.07) is -0.622. The minimum absolute atomic E-state index is 0.0870. The van der Waals surface area contributed by atoms with Gasteiger partial charge in [-0.1, -0.05) is 6.42 Å². The van der Waals surface area contributed by atoms with Crippen molar-refractivity contribution in [1.29, 1.82) is 0 Å². The zero-order valence-electron chi connectivity index (χ0n) is 9.79. The number of alkyl halides is 3. The van der Waals surface area contributed by atoms with Crippen molar-refractivity contribution in [3.8, 4) is 0 Å². The molecule has 0 bridgehead atoms. The maximum atomic E-state index is 12.5. The fraction of sp³-hybridized carbons (Fsp3) is 1.00. The van der Waals surface area contributed by atoms with Gasteiger partial charge in [0.1, 0.15) is 0 Å². The van der Waals surface area contributed by atoms with E-state index < -0.39 is 28.3 Å². The highest BCUT2D eigenvalue weighted by molar-refractivity contribution is 7.87. The number of halogens is 3. The summed E-state index contributed by atoms with van der Waals surface area (Å²) < 4.78 is 63.8. The first-order valence-electron chi connectivity index (χ1n) is 5.39. The number of hydrogen-bond donors (Lipinski definition) is 1. The normalized spacial score (nSPS) is 27.4. The zero-order chi connectivity index (χ0) is 13.3. The van der Waals surface area contributed by atoms with Crippen LogP contribution in [-0.2, 0) is 10.2 Å². The Labute approximate surface area is 99.4 Å².